The molecule has 1 aliphatic heterocycles. The fraction of sp³-hybridized carbons (Fsp3) is 0.714. The van der Waals surface area contributed by atoms with Crippen LogP contribution in [0.5, 0.6) is 0 Å². The molecule has 2 rings (SSSR count). The molecule has 0 saturated carbocycles. The van der Waals surface area contributed by atoms with E-state index in [4.69, 9.17) is 4.52 Å². The molecule has 1 unspecified atom stereocenters. The summed E-state index contributed by atoms with van der Waals surface area (Å²) in [5.41, 5.74) is 0.811. The van der Waals surface area contributed by atoms with Gasteiger partial charge in [-0.25, -0.2) is 0 Å². The van der Waals surface area contributed by atoms with Crippen LogP contribution >= 0.6 is 0 Å². The Morgan fingerprint density at radius 3 is 3.05 bits per heavy atom. The fourth-order valence-electron chi connectivity index (χ4n) is 2.44. The maximum absolute atomic E-state index is 12.5. The first kappa shape index (κ1) is 14.1. The molecule has 106 valence electrons. The molecule has 1 amide bonds. The largest absolute Gasteiger partial charge is 0.351 e. The zero-order valence-corrected chi connectivity index (χ0v) is 11.8. The Kier molecular flexibility index (Phi) is 4.96. The summed E-state index contributed by atoms with van der Waals surface area (Å²) < 4.78 is 5.09. The number of nitrogens with zero attached hydrogens (tertiary/aromatic N) is 2. The number of carbonyl (C=O) groups is 1. The summed E-state index contributed by atoms with van der Waals surface area (Å²) in [7, 11) is 0. The maximum Gasteiger partial charge on any atom is 0.292 e. The van der Waals surface area contributed by atoms with Crippen LogP contribution in [0.4, 0.5) is 0 Å². The van der Waals surface area contributed by atoms with Crippen molar-refractivity contribution in [3.8, 4) is 0 Å². The van der Waals surface area contributed by atoms with Gasteiger partial charge in [0, 0.05) is 24.7 Å². The number of carbonyl (C=O) groups excluding carboxylic acids is 1. The van der Waals surface area contributed by atoms with Crippen molar-refractivity contribution < 1.29 is 9.32 Å². The summed E-state index contributed by atoms with van der Waals surface area (Å²) in [6.07, 6.45) is 6.04. The normalized spacial score (nSPS) is 18.7. The van der Waals surface area contributed by atoms with E-state index in [0.717, 1.165) is 44.5 Å². The van der Waals surface area contributed by atoms with Crippen LogP contribution in [0.1, 0.15) is 48.7 Å². The van der Waals surface area contributed by atoms with E-state index >= 15 is 0 Å². The number of amides is 1. The highest BCUT2D eigenvalue weighted by Crippen LogP contribution is 2.14. The third-order valence-electron chi connectivity index (χ3n) is 3.61. The third-order valence-corrected chi connectivity index (χ3v) is 3.61. The third kappa shape index (κ3) is 3.56. The SMILES string of the molecule is CCCCN(CC1CCCN1)C(=O)c1oncc1C. The molecule has 0 radical (unpaired) electrons. The predicted octanol–water partition coefficient (Wildman–Crippen LogP) is 1.98. The van der Waals surface area contributed by atoms with Crippen molar-refractivity contribution in [1.29, 1.82) is 0 Å². The molecule has 5 heteroatoms. The summed E-state index contributed by atoms with van der Waals surface area (Å²) in [4.78, 5) is 14.4. The molecule has 1 atom stereocenters. The Bertz CT molecular complexity index is 411. The second kappa shape index (κ2) is 6.70. The predicted molar refractivity (Wildman–Crippen MR) is 73.1 cm³/mol. The van der Waals surface area contributed by atoms with Crippen LogP contribution in [0, 0.1) is 6.92 Å². The van der Waals surface area contributed by atoms with E-state index in [1.165, 1.54) is 6.42 Å². The van der Waals surface area contributed by atoms with Gasteiger partial charge in [0.1, 0.15) is 0 Å². The van der Waals surface area contributed by atoms with Crippen LogP contribution in [-0.4, -0.2) is 41.6 Å². The maximum atomic E-state index is 12.5. The summed E-state index contributed by atoms with van der Waals surface area (Å²) in [6.45, 7) is 6.60. The van der Waals surface area contributed by atoms with Gasteiger partial charge >= 0.3 is 0 Å². The average molecular weight is 265 g/mol. The average Bonchev–Trinajstić information content (AvgIpc) is 3.05. The van der Waals surface area contributed by atoms with Crippen LogP contribution in [-0.2, 0) is 0 Å². The van der Waals surface area contributed by atoms with Gasteiger partial charge in [0.15, 0.2) is 0 Å². The highest BCUT2D eigenvalue weighted by Gasteiger charge is 2.25. The van der Waals surface area contributed by atoms with Gasteiger partial charge in [-0.3, -0.25) is 4.79 Å². The molecule has 1 aliphatic rings. The van der Waals surface area contributed by atoms with Crippen molar-refractivity contribution in [2.75, 3.05) is 19.6 Å². The Hall–Kier alpha value is -1.36. The van der Waals surface area contributed by atoms with E-state index in [2.05, 4.69) is 17.4 Å². The van der Waals surface area contributed by atoms with Gasteiger partial charge < -0.3 is 14.7 Å². The quantitative estimate of drug-likeness (QED) is 0.854. The topological polar surface area (TPSA) is 58.4 Å². The Balaban J connectivity index is 2.03. The molecule has 0 spiro atoms. The van der Waals surface area contributed by atoms with Crippen molar-refractivity contribution in [2.45, 2.75) is 45.6 Å². The zero-order chi connectivity index (χ0) is 13.7. The molecular weight excluding hydrogens is 242 g/mol. The van der Waals surface area contributed by atoms with Crippen molar-refractivity contribution in [3.63, 3.8) is 0 Å². The molecule has 0 aromatic carbocycles. The number of rotatable bonds is 6. The lowest BCUT2D eigenvalue weighted by Gasteiger charge is -2.25. The van der Waals surface area contributed by atoms with Gasteiger partial charge in [-0.15, -0.1) is 0 Å². The van der Waals surface area contributed by atoms with E-state index in [0.29, 0.717) is 11.8 Å². The van der Waals surface area contributed by atoms with E-state index in [-0.39, 0.29) is 5.91 Å². The highest BCUT2D eigenvalue weighted by molar-refractivity contribution is 5.92. The number of unbranched alkanes of at least 4 members (excludes halogenated alkanes) is 1. The molecule has 1 saturated heterocycles. The number of nitrogens with one attached hydrogen (secondary N) is 1. The Morgan fingerprint density at radius 2 is 2.47 bits per heavy atom. The number of hydrogen-bond donors (Lipinski definition) is 1. The monoisotopic (exact) mass is 265 g/mol. The fourth-order valence-corrected chi connectivity index (χ4v) is 2.44. The molecule has 1 fully saturated rings. The summed E-state index contributed by atoms with van der Waals surface area (Å²) >= 11 is 0. The molecule has 5 nitrogen and oxygen atoms in total. The molecule has 19 heavy (non-hydrogen) atoms. The molecule has 1 N–H and O–H groups in total. The van der Waals surface area contributed by atoms with Crippen molar-refractivity contribution >= 4 is 5.91 Å². The lowest BCUT2D eigenvalue weighted by molar-refractivity contribution is 0.0696. The van der Waals surface area contributed by atoms with Crippen LogP contribution in [0.3, 0.4) is 0 Å². The second-order valence-electron chi connectivity index (χ2n) is 5.24. The minimum Gasteiger partial charge on any atom is -0.351 e. The first-order valence-electron chi connectivity index (χ1n) is 7.16. The Labute approximate surface area is 114 Å². The number of aromatic nitrogens is 1. The standard InChI is InChI=1S/C14H23N3O2/c1-3-4-8-17(10-12-6-5-7-15-12)14(18)13-11(2)9-16-19-13/h9,12,15H,3-8,10H2,1-2H3. The minimum atomic E-state index is -0.0304. The molecule has 1 aromatic heterocycles. The van der Waals surface area contributed by atoms with E-state index < -0.39 is 0 Å². The van der Waals surface area contributed by atoms with Crippen LogP contribution in [0.15, 0.2) is 10.7 Å². The zero-order valence-electron chi connectivity index (χ0n) is 11.8. The van der Waals surface area contributed by atoms with Gasteiger partial charge in [-0.2, -0.15) is 0 Å². The van der Waals surface area contributed by atoms with Crippen molar-refractivity contribution in [2.24, 2.45) is 0 Å². The van der Waals surface area contributed by atoms with Crippen molar-refractivity contribution in [3.05, 3.63) is 17.5 Å². The minimum absolute atomic E-state index is 0.0304. The lowest BCUT2D eigenvalue weighted by atomic mass is 10.2. The molecule has 1 aromatic rings. The molecular formula is C14H23N3O2. The lowest BCUT2D eigenvalue weighted by Crippen LogP contribution is -2.41. The first-order chi connectivity index (χ1) is 9.22. The van der Waals surface area contributed by atoms with Crippen LogP contribution in [0.25, 0.3) is 0 Å². The van der Waals surface area contributed by atoms with E-state index in [1.807, 2.05) is 11.8 Å². The van der Waals surface area contributed by atoms with Gasteiger partial charge in [0.25, 0.3) is 5.91 Å². The summed E-state index contributed by atoms with van der Waals surface area (Å²) in [5, 5.41) is 7.14. The highest BCUT2D eigenvalue weighted by atomic mass is 16.5. The van der Waals surface area contributed by atoms with E-state index in [9.17, 15) is 4.79 Å². The Morgan fingerprint density at radius 1 is 1.63 bits per heavy atom. The van der Waals surface area contributed by atoms with Gasteiger partial charge in [-0.05, 0) is 32.7 Å². The number of hydrogen-bond acceptors (Lipinski definition) is 4. The summed E-state index contributed by atoms with van der Waals surface area (Å²) in [5.74, 6) is 0.353. The number of aryl methyl sites for hydroxylation is 1. The van der Waals surface area contributed by atoms with Crippen LogP contribution in [0.2, 0.25) is 0 Å². The van der Waals surface area contributed by atoms with Gasteiger partial charge in [-0.1, -0.05) is 18.5 Å². The van der Waals surface area contributed by atoms with Crippen LogP contribution < -0.4 is 5.32 Å². The second-order valence-corrected chi connectivity index (χ2v) is 5.24. The van der Waals surface area contributed by atoms with Crippen molar-refractivity contribution in [1.82, 2.24) is 15.4 Å². The van der Waals surface area contributed by atoms with E-state index in [1.54, 1.807) is 6.20 Å². The van der Waals surface area contributed by atoms with Gasteiger partial charge in [0.2, 0.25) is 5.76 Å². The summed E-state index contributed by atoms with van der Waals surface area (Å²) in [6, 6.07) is 0.420. The molecule has 0 aliphatic carbocycles. The molecule has 2 heterocycles. The first-order valence-corrected chi connectivity index (χ1v) is 7.16. The molecule has 0 bridgehead atoms. The van der Waals surface area contributed by atoms with Gasteiger partial charge in [0.05, 0.1) is 6.20 Å². The smallest absolute Gasteiger partial charge is 0.292 e.